The first-order chi connectivity index (χ1) is 12.0. The Morgan fingerprint density at radius 3 is 2.92 bits per heavy atom. The van der Waals surface area contributed by atoms with Gasteiger partial charge in [-0.3, -0.25) is 9.59 Å². The number of rotatable bonds is 4. The van der Waals surface area contributed by atoms with Crippen LogP contribution in [-0.2, 0) is 16.1 Å². The van der Waals surface area contributed by atoms with Crippen molar-refractivity contribution in [1.29, 1.82) is 0 Å². The molecule has 1 saturated heterocycles. The van der Waals surface area contributed by atoms with E-state index in [1.165, 1.54) is 6.07 Å². The number of amides is 1. The minimum absolute atomic E-state index is 0.0200. The van der Waals surface area contributed by atoms with Crippen molar-refractivity contribution in [2.45, 2.75) is 32.9 Å². The summed E-state index contributed by atoms with van der Waals surface area (Å²) in [6, 6.07) is 6.87. The SMILES string of the molecule is Cc1cc([C@H]2CN(C(=O)CCn3ccccc3=O)CCO2)nc(C)n1. The van der Waals surface area contributed by atoms with Crippen molar-refractivity contribution in [1.82, 2.24) is 19.4 Å². The second-order valence-electron chi connectivity index (χ2n) is 6.16. The highest BCUT2D eigenvalue weighted by molar-refractivity contribution is 5.76. The smallest absolute Gasteiger partial charge is 0.250 e. The molecule has 3 rings (SSSR count). The summed E-state index contributed by atoms with van der Waals surface area (Å²) in [6.07, 6.45) is 1.75. The molecule has 0 aromatic carbocycles. The van der Waals surface area contributed by atoms with E-state index in [1.54, 1.807) is 27.8 Å². The van der Waals surface area contributed by atoms with Crippen LogP contribution in [0.5, 0.6) is 0 Å². The van der Waals surface area contributed by atoms with Crippen molar-refractivity contribution in [2.24, 2.45) is 0 Å². The minimum atomic E-state index is -0.238. The summed E-state index contributed by atoms with van der Waals surface area (Å²) in [4.78, 5) is 34.7. The average molecular weight is 342 g/mol. The summed E-state index contributed by atoms with van der Waals surface area (Å²) >= 11 is 0. The van der Waals surface area contributed by atoms with E-state index in [9.17, 15) is 9.59 Å². The van der Waals surface area contributed by atoms with E-state index >= 15 is 0 Å². The quantitative estimate of drug-likeness (QED) is 0.836. The Hall–Kier alpha value is -2.54. The molecule has 2 aromatic rings. The van der Waals surface area contributed by atoms with E-state index in [4.69, 9.17) is 4.74 Å². The number of pyridine rings is 1. The highest BCUT2D eigenvalue weighted by Gasteiger charge is 2.26. The highest BCUT2D eigenvalue weighted by Crippen LogP contribution is 2.21. The molecule has 0 bridgehead atoms. The highest BCUT2D eigenvalue weighted by atomic mass is 16.5. The summed E-state index contributed by atoms with van der Waals surface area (Å²) < 4.78 is 7.35. The lowest BCUT2D eigenvalue weighted by molar-refractivity contribution is -0.139. The van der Waals surface area contributed by atoms with Crippen LogP contribution in [0, 0.1) is 13.8 Å². The number of aromatic nitrogens is 3. The molecule has 1 aliphatic rings. The van der Waals surface area contributed by atoms with Gasteiger partial charge in [-0.05, 0) is 26.0 Å². The van der Waals surface area contributed by atoms with Crippen LogP contribution in [-0.4, -0.2) is 45.0 Å². The predicted molar refractivity (Wildman–Crippen MR) is 92.1 cm³/mol. The molecule has 7 heteroatoms. The zero-order chi connectivity index (χ0) is 17.8. The molecule has 1 fully saturated rings. The molecule has 25 heavy (non-hydrogen) atoms. The van der Waals surface area contributed by atoms with E-state index in [1.807, 2.05) is 19.9 Å². The van der Waals surface area contributed by atoms with E-state index in [-0.39, 0.29) is 17.6 Å². The summed E-state index contributed by atoms with van der Waals surface area (Å²) in [5.41, 5.74) is 1.60. The van der Waals surface area contributed by atoms with Crippen molar-refractivity contribution in [3.8, 4) is 0 Å². The van der Waals surface area contributed by atoms with Crippen molar-refractivity contribution >= 4 is 5.91 Å². The fourth-order valence-corrected chi connectivity index (χ4v) is 2.98. The molecule has 0 aliphatic carbocycles. The molecule has 0 N–H and O–H groups in total. The second-order valence-corrected chi connectivity index (χ2v) is 6.16. The zero-order valence-electron chi connectivity index (χ0n) is 14.5. The number of aryl methyl sites for hydroxylation is 3. The van der Waals surface area contributed by atoms with Crippen LogP contribution in [0.3, 0.4) is 0 Å². The Balaban J connectivity index is 1.63. The first-order valence-electron chi connectivity index (χ1n) is 8.40. The third-order valence-electron chi connectivity index (χ3n) is 4.20. The molecule has 2 aromatic heterocycles. The molecule has 0 spiro atoms. The molecule has 132 valence electrons. The molecule has 7 nitrogen and oxygen atoms in total. The maximum absolute atomic E-state index is 12.5. The Morgan fingerprint density at radius 1 is 1.32 bits per heavy atom. The van der Waals surface area contributed by atoms with Crippen LogP contribution in [0.2, 0.25) is 0 Å². The first-order valence-corrected chi connectivity index (χ1v) is 8.40. The number of carbonyl (C=O) groups excluding carboxylic acids is 1. The summed E-state index contributed by atoms with van der Waals surface area (Å²) in [5.74, 6) is 0.719. The van der Waals surface area contributed by atoms with Gasteiger partial charge in [0.15, 0.2) is 0 Å². The molecule has 1 atom stereocenters. The van der Waals surface area contributed by atoms with Gasteiger partial charge in [0.05, 0.1) is 18.8 Å². The molecular formula is C18H22N4O3. The third-order valence-corrected chi connectivity index (χ3v) is 4.20. The van der Waals surface area contributed by atoms with Crippen molar-refractivity contribution in [2.75, 3.05) is 19.7 Å². The standard InChI is InChI=1S/C18H22N4O3/c1-13-11-15(20-14(2)19-13)16-12-22(9-10-25-16)18(24)6-8-21-7-4-3-5-17(21)23/h3-5,7,11,16H,6,8-10,12H2,1-2H3/t16-/m1/s1. The molecule has 0 unspecified atom stereocenters. The molecule has 1 aliphatic heterocycles. The van der Waals surface area contributed by atoms with E-state index in [0.29, 0.717) is 38.5 Å². The second kappa shape index (κ2) is 7.57. The monoisotopic (exact) mass is 342 g/mol. The Kier molecular flexibility index (Phi) is 5.23. The van der Waals surface area contributed by atoms with Gasteiger partial charge in [-0.25, -0.2) is 9.97 Å². The van der Waals surface area contributed by atoms with Gasteiger partial charge in [-0.1, -0.05) is 6.07 Å². The van der Waals surface area contributed by atoms with Crippen molar-refractivity contribution in [3.63, 3.8) is 0 Å². The Labute approximate surface area is 146 Å². The number of carbonyl (C=O) groups is 1. The third kappa shape index (κ3) is 4.30. The van der Waals surface area contributed by atoms with Crippen LogP contribution in [0.25, 0.3) is 0 Å². The van der Waals surface area contributed by atoms with Crippen LogP contribution in [0.4, 0.5) is 0 Å². The number of hydrogen-bond donors (Lipinski definition) is 0. The maximum atomic E-state index is 12.5. The number of ether oxygens (including phenoxy) is 1. The lowest BCUT2D eigenvalue weighted by Gasteiger charge is -2.33. The number of morpholine rings is 1. The van der Waals surface area contributed by atoms with E-state index < -0.39 is 0 Å². The lowest BCUT2D eigenvalue weighted by Crippen LogP contribution is -2.43. The van der Waals surface area contributed by atoms with Crippen LogP contribution in [0.15, 0.2) is 35.3 Å². The zero-order valence-corrected chi connectivity index (χ0v) is 14.5. The van der Waals surface area contributed by atoms with Gasteiger partial charge in [0.2, 0.25) is 5.91 Å². The molecule has 1 amide bonds. The normalized spacial score (nSPS) is 17.5. The summed E-state index contributed by atoms with van der Waals surface area (Å²) in [6.45, 7) is 5.65. The average Bonchev–Trinajstić information content (AvgIpc) is 2.60. The fourth-order valence-electron chi connectivity index (χ4n) is 2.98. The largest absolute Gasteiger partial charge is 0.368 e. The van der Waals surface area contributed by atoms with E-state index in [0.717, 1.165) is 11.4 Å². The van der Waals surface area contributed by atoms with Gasteiger partial charge in [0, 0.05) is 37.5 Å². The van der Waals surface area contributed by atoms with Crippen LogP contribution >= 0.6 is 0 Å². The summed E-state index contributed by atoms with van der Waals surface area (Å²) in [5, 5.41) is 0. The molecule has 3 heterocycles. The first kappa shape index (κ1) is 17.3. The van der Waals surface area contributed by atoms with Crippen LogP contribution < -0.4 is 5.56 Å². The topological polar surface area (TPSA) is 77.3 Å². The molecular weight excluding hydrogens is 320 g/mol. The summed E-state index contributed by atoms with van der Waals surface area (Å²) in [7, 11) is 0. The fraction of sp³-hybridized carbons (Fsp3) is 0.444. The van der Waals surface area contributed by atoms with E-state index in [2.05, 4.69) is 9.97 Å². The molecule has 0 saturated carbocycles. The number of nitrogens with zero attached hydrogens (tertiary/aromatic N) is 4. The van der Waals surface area contributed by atoms with Gasteiger partial charge in [0.25, 0.3) is 5.56 Å². The maximum Gasteiger partial charge on any atom is 0.250 e. The Bertz CT molecular complexity index is 798. The van der Waals surface area contributed by atoms with Gasteiger partial charge in [-0.2, -0.15) is 0 Å². The van der Waals surface area contributed by atoms with Crippen LogP contribution in [0.1, 0.15) is 29.7 Å². The lowest BCUT2D eigenvalue weighted by atomic mass is 10.1. The predicted octanol–water partition coefficient (Wildman–Crippen LogP) is 1.25. The van der Waals surface area contributed by atoms with Gasteiger partial charge >= 0.3 is 0 Å². The molecule has 0 radical (unpaired) electrons. The minimum Gasteiger partial charge on any atom is -0.368 e. The van der Waals surface area contributed by atoms with Crippen molar-refractivity contribution in [3.05, 3.63) is 58.0 Å². The number of hydrogen-bond acceptors (Lipinski definition) is 5. The van der Waals surface area contributed by atoms with Gasteiger partial charge in [0.1, 0.15) is 11.9 Å². The van der Waals surface area contributed by atoms with Gasteiger partial charge < -0.3 is 14.2 Å². The van der Waals surface area contributed by atoms with Gasteiger partial charge in [-0.15, -0.1) is 0 Å². The Morgan fingerprint density at radius 2 is 2.16 bits per heavy atom. The van der Waals surface area contributed by atoms with Crippen molar-refractivity contribution < 1.29 is 9.53 Å².